The molecule has 2 rings (SSSR count). The third-order valence-electron chi connectivity index (χ3n) is 3.13. The van der Waals surface area contributed by atoms with Gasteiger partial charge < -0.3 is 4.74 Å². The normalized spacial score (nSPS) is 23.5. The lowest BCUT2D eigenvalue weighted by Gasteiger charge is -2.11. The lowest BCUT2D eigenvalue weighted by Crippen LogP contribution is -2.28. The first-order valence-electron chi connectivity index (χ1n) is 5.85. The number of carbonyl (C=O) groups is 1. The van der Waals surface area contributed by atoms with Gasteiger partial charge in [0, 0.05) is 5.56 Å². The highest BCUT2D eigenvalue weighted by atomic mass is 16.6. The molecule has 1 aliphatic rings. The molecule has 0 radical (unpaired) electrons. The van der Waals surface area contributed by atoms with E-state index in [0.29, 0.717) is 12.3 Å². The van der Waals surface area contributed by atoms with Crippen LogP contribution in [0.5, 0.6) is 0 Å². The molecule has 0 aromatic heterocycles. The Hall–Kier alpha value is -1.64. The van der Waals surface area contributed by atoms with Gasteiger partial charge in [0.1, 0.15) is 0 Å². The SMILES string of the molecule is CCC1(C)N=C(c2cc(C)cc(C)c2)OC1=O. The van der Waals surface area contributed by atoms with Crippen LogP contribution in [0.4, 0.5) is 0 Å². The molecule has 3 heteroatoms. The Morgan fingerprint density at radius 3 is 2.29 bits per heavy atom. The van der Waals surface area contributed by atoms with Crippen LogP contribution in [0.15, 0.2) is 23.2 Å². The molecule has 0 spiro atoms. The quantitative estimate of drug-likeness (QED) is 0.734. The molecule has 90 valence electrons. The molecule has 0 saturated heterocycles. The van der Waals surface area contributed by atoms with Crippen molar-refractivity contribution < 1.29 is 9.53 Å². The van der Waals surface area contributed by atoms with Crippen LogP contribution in [0.2, 0.25) is 0 Å². The number of rotatable bonds is 2. The van der Waals surface area contributed by atoms with E-state index < -0.39 is 5.54 Å². The van der Waals surface area contributed by atoms with Crippen LogP contribution in [0.3, 0.4) is 0 Å². The maximum atomic E-state index is 11.7. The lowest BCUT2D eigenvalue weighted by atomic mass is 10.0. The monoisotopic (exact) mass is 231 g/mol. The molecular weight excluding hydrogens is 214 g/mol. The van der Waals surface area contributed by atoms with Gasteiger partial charge in [0.15, 0.2) is 5.54 Å². The zero-order chi connectivity index (χ0) is 12.6. The molecule has 0 fully saturated rings. The summed E-state index contributed by atoms with van der Waals surface area (Å²) in [4.78, 5) is 16.2. The third kappa shape index (κ3) is 2.09. The smallest absolute Gasteiger partial charge is 0.340 e. The standard InChI is InChI=1S/C14H17NO2/c1-5-14(4)13(16)17-12(15-14)11-7-9(2)6-10(3)8-11/h6-8H,5H2,1-4H3. The number of cyclic esters (lactones) is 1. The summed E-state index contributed by atoms with van der Waals surface area (Å²) in [6.07, 6.45) is 0.653. The van der Waals surface area contributed by atoms with Crippen molar-refractivity contribution in [3.05, 3.63) is 34.9 Å². The van der Waals surface area contributed by atoms with Gasteiger partial charge in [-0.1, -0.05) is 24.1 Å². The maximum absolute atomic E-state index is 11.7. The molecule has 0 bridgehead atoms. The molecular formula is C14H17NO2. The van der Waals surface area contributed by atoms with Crippen LogP contribution in [0, 0.1) is 13.8 Å². The number of aryl methyl sites for hydroxylation is 2. The highest BCUT2D eigenvalue weighted by molar-refractivity contribution is 6.07. The van der Waals surface area contributed by atoms with Gasteiger partial charge in [-0.2, -0.15) is 0 Å². The summed E-state index contributed by atoms with van der Waals surface area (Å²) in [7, 11) is 0. The second-order valence-electron chi connectivity index (χ2n) is 4.81. The van der Waals surface area contributed by atoms with E-state index in [-0.39, 0.29) is 5.97 Å². The summed E-state index contributed by atoms with van der Waals surface area (Å²) in [6.45, 7) is 7.79. The number of hydrogen-bond acceptors (Lipinski definition) is 3. The van der Waals surface area contributed by atoms with Gasteiger partial charge in [0.05, 0.1) is 0 Å². The Morgan fingerprint density at radius 1 is 1.24 bits per heavy atom. The van der Waals surface area contributed by atoms with Crippen LogP contribution >= 0.6 is 0 Å². The number of esters is 1. The fraction of sp³-hybridized carbons (Fsp3) is 0.429. The van der Waals surface area contributed by atoms with Gasteiger partial charge in [-0.25, -0.2) is 9.79 Å². The van der Waals surface area contributed by atoms with Gasteiger partial charge in [-0.3, -0.25) is 0 Å². The maximum Gasteiger partial charge on any atom is 0.340 e. The largest absolute Gasteiger partial charge is 0.405 e. The number of hydrogen-bond donors (Lipinski definition) is 0. The van der Waals surface area contributed by atoms with Gasteiger partial charge in [-0.15, -0.1) is 0 Å². The van der Waals surface area contributed by atoms with Crippen LogP contribution in [0.1, 0.15) is 37.0 Å². The molecule has 3 nitrogen and oxygen atoms in total. The van der Waals surface area contributed by atoms with Crippen molar-refractivity contribution >= 4 is 11.9 Å². The molecule has 1 aliphatic heterocycles. The third-order valence-corrected chi connectivity index (χ3v) is 3.13. The Kier molecular flexibility index (Phi) is 2.77. The Labute approximate surface area is 102 Å². The van der Waals surface area contributed by atoms with E-state index >= 15 is 0 Å². The van der Waals surface area contributed by atoms with Gasteiger partial charge in [-0.05, 0) is 39.3 Å². The van der Waals surface area contributed by atoms with Crippen LogP contribution in [-0.2, 0) is 9.53 Å². The lowest BCUT2D eigenvalue weighted by molar-refractivity contribution is -0.138. The first kappa shape index (κ1) is 11.8. The zero-order valence-electron chi connectivity index (χ0n) is 10.7. The minimum Gasteiger partial charge on any atom is -0.405 e. The van der Waals surface area contributed by atoms with Crippen molar-refractivity contribution in [2.75, 3.05) is 0 Å². The van der Waals surface area contributed by atoms with Crippen molar-refractivity contribution in [1.29, 1.82) is 0 Å². The minimum atomic E-state index is -0.715. The number of aliphatic imine (C=N–C) groups is 1. The summed E-state index contributed by atoms with van der Waals surface area (Å²) in [5.74, 6) is 0.195. The molecule has 1 atom stereocenters. The first-order chi connectivity index (χ1) is 7.94. The molecule has 1 unspecified atom stereocenters. The predicted octanol–water partition coefficient (Wildman–Crippen LogP) is 2.78. The van der Waals surface area contributed by atoms with Gasteiger partial charge in [0.2, 0.25) is 5.90 Å². The van der Waals surface area contributed by atoms with E-state index in [4.69, 9.17) is 4.74 Å². The molecule has 1 heterocycles. The van der Waals surface area contributed by atoms with E-state index in [0.717, 1.165) is 16.7 Å². The van der Waals surface area contributed by atoms with Gasteiger partial charge in [0.25, 0.3) is 0 Å². The summed E-state index contributed by atoms with van der Waals surface area (Å²) in [6, 6.07) is 6.06. The summed E-state index contributed by atoms with van der Waals surface area (Å²) < 4.78 is 5.27. The summed E-state index contributed by atoms with van der Waals surface area (Å²) >= 11 is 0. The van der Waals surface area contributed by atoms with Crippen molar-refractivity contribution in [2.45, 2.75) is 39.7 Å². The van der Waals surface area contributed by atoms with Crippen LogP contribution in [0.25, 0.3) is 0 Å². The highest BCUT2D eigenvalue weighted by Crippen LogP contribution is 2.26. The van der Waals surface area contributed by atoms with Gasteiger partial charge >= 0.3 is 5.97 Å². The van der Waals surface area contributed by atoms with Crippen molar-refractivity contribution in [3.8, 4) is 0 Å². The number of ether oxygens (including phenoxy) is 1. The summed E-state index contributed by atoms with van der Waals surface area (Å²) in [5, 5.41) is 0. The molecule has 17 heavy (non-hydrogen) atoms. The predicted molar refractivity (Wildman–Crippen MR) is 67.2 cm³/mol. The number of nitrogens with zero attached hydrogens (tertiary/aromatic N) is 1. The average molecular weight is 231 g/mol. The van der Waals surface area contributed by atoms with Crippen LogP contribution < -0.4 is 0 Å². The first-order valence-corrected chi connectivity index (χ1v) is 5.85. The molecule has 1 aromatic carbocycles. The minimum absolute atomic E-state index is 0.255. The highest BCUT2D eigenvalue weighted by Gasteiger charge is 2.40. The Bertz CT molecular complexity index is 485. The molecule has 0 aliphatic carbocycles. The average Bonchev–Trinajstić information content (AvgIpc) is 2.55. The van der Waals surface area contributed by atoms with Crippen molar-refractivity contribution in [3.63, 3.8) is 0 Å². The van der Waals surface area contributed by atoms with Crippen molar-refractivity contribution in [1.82, 2.24) is 0 Å². The number of carbonyl (C=O) groups excluding carboxylic acids is 1. The second kappa shape index (κ2) is 3.99. The second-order valence-corrected chi connectivity index (χ2v) is 4.81. The number of benzene rings is 1. The van der Waals surface area contributed by atoms with E-state index in [2.05, 4.69) is 11.1 Å². The summed E-state index contributed by atoms with van der Waals surface area (Å²) in [5.41, 5.74) is 2.45. The van der Waals surface area contributed by atoms with E-state index in [1.807, 2.05) is 39.8 Å². The molecule has 1 aromatic rings. The topological polar surface area (TPSA) is 38.7 Å². The van der Waals surface area contributed by atoms with E-state index in [1.54, 1.807) is 0 Å². The fourth-order valence-electron chi connectivity index (χ4n) is 1.94. The Morgan fingerprint density at radius 2 is 1.82 bits per heavy atom. The molecule has 0 N–H and O–H groups in total. The van der Waals surface area contributed by atoms with Crippen molar-refractivity contribution in [2.24, 2.45) is 4.99 Å². The van der Waals surface area contributed by atoms with E-state index in [1.165, 1.54) is 0 Å². The van der Waals surface area contributed by atoms with E-state index in [9.17, 15) is 4.79 Å². The Balaban J connectivity index is 2.42. The zero-order valence-corrected chi connectivity index (χ0v) is 10.7. The molecule has 0 saturated carbocycles. The fourth-order valence-corrected chi connectivity index (χ4v) is 1.94. The van der Waals surface area contributed by atoms with Crippen LogP contribution in [-0.4, -0.2) is 17.4 Å². The molecule has 0 amide bonds.